The third kappa shape index (κ3) is 21.3. The van der Waals surface area contributed by atoms with Gasteiger partial charge in [0.25, 0.3) is 0 Å². The van der Waals surface area contributed by atoms with Gasteiger partial charge in [-0.15, -0.1) is 12.4 Å². The number of carbonyl (C=O) groups is 3. The molecule has 4 aliphatic carbocycles. The molecular weight excluding hydrogens is 1860 g/mol. The lowest BCUT2D eigenvalue weighted by Gasteiger charge is -2.33. The quantitative estimate of drug-likeness (QED) is 0.0364. The maximum atomic E-state index is 12.1. The number of para-hydroxylation sites is 2. The number of hydrogen-bond donors (Lipinski definition) is 4. The van der Waals surface area contributed by atoms with E-state index in [4.69, 9.17) is 26.1 Å². The Hall–Kier alpha value is -14.6. The highest BCUT2D eigenvalue weighted by Gasteiger charge is 2.33. The van der Waals surface area contributed by atoms with Crippen LogP contribution in [-0.2, 0) is 35.3 Å². The average molecular weight is 1960 g/mol. The van der Waals surface area contributed by atoms with Crippen LogP contribution in [-0.4, -0.2) is 50.1 Å². The molecule has 0 amide bonds. The lowest BCUT2D eigenvalue weighted by molar-refractivity contribution is -0.118. The lowest BCUT2D eigenvalue weighted by atomic mass is 9.82. The molecule has 3 unspecified atom stereocenters. The van der Waals surface area contributed by atoms with Crippen LogP contribution in [0.3, 0.4) is 0 Å². The third-order valence-electron chi connectivity index (χ3n) is 24.5. The molecule has 656 valence electrons. The second-order valence-corrected chi connectivity index (χ2v) is 35.8. The van der Waals surface area contributed by atoms with Crippen LogP contribution < -0.4 is 16.4 Å². The van der Waals surface area contributed by atoms with Crippen molar-refractivity contribution in [3.8, 4) is 39.5 Å². The van der Waals surface area contributed by atoms with Gasteiger partial charge in [-0.25, -0.2) is 9.97 Å². The standard InChI is InChI=1S/C30H22N2.C24H19BrN2.C24H15BrN2.C17H14O.C10H10O.C7H7BrN2.C7H6O.ClH/c1-2-8-22(9-3-1)32-29-13-7-5-11-24(29)26-19-21(15-17-30(26)32)20-14-16-28-25(18-20)23-10-4-6-12-27(23)31-28;2*25-19-11-6-10-18(15-19)24-26-21-14-13-16-7-4-5-12-20(16)22(21)23(27-24)17-8-2-1-3-9-17;18-17-11-10-14-8-4-5-9-15(14)16(17)12-13-6-2-1-3-7-13;11-10-6-5-8-3-1-2-4-9(8)7-10;8-6-3-1-2-5(4-6)7(9)10;8-6-7-4-2-1-3-5-7;/h1-19,23,27,31H;1-12,15,23H,13-14H2,(H,26,27);1-15H;1-9,12H,10-11H2;1-4H,5-7H2;1-4H,(H3,9,10);1-6H;1H/b;;;16-12+;;;;. The van der Waals surface area contributed by atoms with Crippen LogP contribution in [0.2, 0.25) is 0 Å². The zero-order valence-corrected chi connectivity index (χ0v) is 78.9. The topological polar surface area (TPSA) is 168 Å². The molecule has 0 fully saturated rings. The SMILES string of the molecule is Brc1cccc(-c2nc(-c3ccccc3)c3c(ccc4ccccc43)n2)c1.Brc1cccc(C2=NC(c3ccccc3)C3=C(CCc4ccccc43)N2)c1.C1=CC2Nc3ccc(-c4ccc5c(c4)c4ccccc4n5-c4ccccc4)cc3C2C=C1.Cl.N=C(N)c1cccc(Br)c1.O=C1CCc2ccccc2/C1=C\c1ccccc1.O=C1CCc2ccccc2C1.O=Cc1ccccc1. The van der Waals surface area contributed by atoms with Gasteiger partial charge in [-0.3, -0.25) is 24.8 Å². The van der Waals surface area contributed by atoms with E-state index in [0.29, 0.717) is 30.6 Å². The number of hydrogen-bond acceptors (Lipinski definition) is 9. The van der Waals surface area contributed by atoms with Crippen molar-refractivity contribution in [1.29, 1.82) is 5.41 Å². The molecule has 2 aromatic heterocycles. The first-order valence-electron chi connectivity index (χ1n) is 44.7. The monoisotopic (exact) mass is 1950 g/mol. The van der Waals surface area contributed by atoms with Crippen LogP contribution in [0.4, 0.5) is 5.69 Å². The maximum Gasteiger partial charge on any atom is 0.163 e. The van der Waals surface area contributed by atoms with Crippen molar-refractivity contribution in [3.05, 3.63) is 504 Å². The molecule has 0 saturated heterocycles. The van der Waals surface area contributed by atoms with Crippen LogP contribution >= 0.6 is 60.2 Å². The van der Waals surface area contributed by atoms with Crippen LogP contribution in [0.1, 0.15) is 103 Å². The van der Waals surface area contributed by atoms with Gasteiger partial charge in [0.1, 0.15) is 29.8 Å². The molecule has 18 aromatic rings. The molecule has 4 heterocycles. The van der Waals surface area contributed by atoms with E-state index in [-0.39, 0.29) is 30.1 Å². The summed E-state index contributed by atoms with van der Waals surface area (Å²) in [6.07, 6.45) is 17.6. The summed E-state index contributed by atoms with van der Waals surface area (Å²) in [5.74, 6) is 2.82. The van der Waals surface area contributed by atoms with Crippen molar-refractivity contribution in [2.45, 2.75) is 62.9 Å². The number of aldehydes is 1. The van der Waals surface area contributed by atoms with Gasteiger partial charge >= 0.3 is 0 Å². The number of allylic oxidation sites excluding steroid dienone is 4. The van der Waals surface area contributed by atoms with Crippen molar-refractivity contribution in [1.82, 2.24) is 19.9 Å². The van der Waals surface area contributed by atoms with Gasteiger partial charge in [0, 0.05) is 111 Å². The molecule has 2 aliphatic heterocycles. The van der Waals surface area contributed by atoms with Crippen LogP contribution in [0.5, 0.6) is 0 Å². The number of halogens is 4. The summed E-state index contributed by atoms with van der Waals surface area (Å²) in [6, 6.07) is 135. The number of carbonyl (C=O) groups excluding carboxylic acids is 3. The largest absolute Gasteiger partial charge is 0.384 e. The molecule has 134 heavy (non-hydrogen) atoms. The van der Waals surface area contributed by atoms with E-state index in [1.165, 1.54) is 105 Å². The number of benzene rings is 16. The molecule has 0 radical (unpaired) electrons. The Morgan fingerprint density at radius 1 is 0.448 bits per heavy atom. The van der Waals surface area contributed by atoms with E-state index in [0.717, 1.165) is 125 Å². The predicted octanol–water partition coefficient (Wildman–Crippen LogP) is 29.4. The summed E-state index contributed by atoms with van der Waals surface area (Å²) in [6.45, 7) is 0. The van der Waals surface area contributed by atoms with Crippen LogP contribution in [0, 0.1) is 5.41 Å². The highest BCUT2D eigenvalue weighted by Crippen LogP contribution is 2.46. The van der Waals surface area contributed by atoms with Gasteiger partial charge in [-0.05, 0) is 189 Å². The summed E-state index contributed by atoms with van der Waals surface area (Å²) >= 11 is 10.4. The number of fused-ring (bicyclic) bond motifs is 13. The van der Waals surface area contributed by atoms with Crippen LogP contribution in [0.25, 0.3) is 100 Å². The molecule has 24 rings (SSSR count). The van der Waals surface area contributed by atoms with E-state index in [1.807, 2.05) is 152 Å². The summed E-state index contributed by atoms with van der Waals surface area (Å²) in [7, 11) is 0. The molecular formula is C119H94Br3ClN8O3. The summed E-state index contributed by atoms with van der Waals surface area (Å²) < 4.78 is 5.39. The number of aliphatic imine (C=N–C) groups is 1. The Morgan fingerprint density at radius 3 is 1.71 bits per heavy atom. The van der Waals surface area contributed by atoms with Crippen molar-refractivity contribution in [3.63, 3.8) is 0 Å². The Morgan fingerprint density at radius 2 is 1.01 bits per heavy atom. The fraction of sp³-hybridized carbons (Fsp3) is 0.0840. The number of Topliss-reactive ketones (excluding diaryl/α,β-unsaturated/α-hetero) is 2. The van der Waals surface area contributed by atoms with Gasteiger partial charge < -0.3 is 20.9 Å². The van der Waals surface area contributed by atoms with Crippen molar-refractivity contribution < 1.29 is 14.4 Å². The Bertz CT molecular complexity index is 7530. The molecule has 6 aliphatic rings. The van der Waals surface area contributed by atoms with Gasteiger partial charge in [-0.2, -0.15) is 0 Å². The van der Waals surface area contributed by atoms with Crippen molar-refractivity contribution in [2.75, 3.05) is 5.32 Å². The Kier molecular flexibility index (Phi) is 29.4. The first-order valence-corrected chi connectivity index (χ1v) is 47.1. The number of anilines is 1. The van der Waals surface area contributed by atoms with Gasteiger partial charge in [0.2, 0.25) is 0 Å². The summed E-state index contributed by atoms with van der Waals surface area (Å²) in [5, 5.41) is 20.4. The number of aryl methyl sites for hydroxylation is 3. The molecule has 15 heteroatoms. The first-order chi connectivity index (χ1) is 65.3. The first kappa shape index (κ1) is 91.3. The van der Waals surface area contributed by atoms with Crippen LogP contribution in [0.15, 0.2) is 443 Å². The number of nitrogens with one attached hydrogen (secondary N) is 3. The predicted molar refractivity (Wildman–Crippen MR) is 567 cm³/mol. The van der Waals surface area contributed by atoms with Crippen molar-refractivity contribution >= 4 is 156 Å². The minimum Gasteiger partial charge on any atom is -0.384 e. The number of nitrogen functional groups attached to an aromatic ring is 1. The fourth-order valence-electron chi connectivity index (χ4n) is 18.0. The lowest BCUT2D eigenvalue weighted by Crippen LogP contribution is -2.32. The second-order valence-electron chi connectivity index (χ2n) is 33.1. The normalized spacial score (nSPS) is 15.1. The minimum absolute atomic E-state index is 0. The Labute approximate surface area is 812 Å². The summed E-state index contributed by atoms with van der Waals surface area (Å²) in [5.41, 5.74) is 34.2. The zero-order valence-electron chi connectivity index (χ0n) is 73.3. The van der Waals surface area contributed by atoms with E-state index in [9.17, 15) is 14.4 Å². The smallest absolute Gasteiger partial charge is 0.163 e. The van der Waals surface area contributed by atoms with Gasteiger partial charge in [0.05, 0.1) is 28.3 Å². The molecule has 0 spiro atoms. The average Bonchev–Trinajstić information content (AvgIpc) is 1.50. The molecule has 0 bridgehead atoms. The van der Waals surface area contributed by atoms with Crippen molar-refractivity contribution in [2.24, 2.45) is 10.7 Å². The number of ketones is 2. The van der Waals surface area contributed by atoms with E-state index >= 15 is 0 Å². The molecule has 16 aromatic carbocycles. The molecule has 3 atom stereocenters. The number of nitrogens with zero attached hydrogens (tertiary/aromatic N) is 4. The molecule has 5 N–H and O–H groups in total. The van der Waals surface area contributed by atoms with E-state index in [2.05, 4.69) is 318 Å². The number of nitrogens with two attached hydrogens (primary N) is 1. The Balaban J connectivity index is 0.000000114. The van der Waals surface area contributed by atoms with E-state index in [1.54, 1.807) is 18.2 Å². The third-order valence-corrected chi connectivity index (χ3v) is 26.0. The van der Waals surface area contributed by atoms with Gasteiger partial charge in [0.15, 0.2) is 11.6 Å². The fourth-order valence-corrected chi connectivity index (χ4v) is 19.2. The maximum absolute atomic E-state index is 12.1. The number of aromatic nitrogens is 3. The summed E-state index contributed by atoms with van der Waals surface area (Å²) in [4.78, 5) is 48.2. The highest BCUT2D eigenvalue weighted by molar-refractivity contribution is 9.11. The number of amidine groups is 2. The minimum atomic E-state index is 0. The second kappa shape index (κ2) is 43.2. The molecule has 0 saturated carbocycles. The highest BCUT2D eigenvalue weighted by atomic mass is 79.9. The van der Waals surface area contributed by atoms with E-state index < -0.39 is 0 Å². The molecule has 11 nitrogen and oxygen atoms in total. The van der Waals surface area contributed by atoms with Gasteiger partial charge in [-0.1, -0.05) is 381 Å². The zero-order chi connectivity index (χ0) is 90.9. The number of rotatable bonds is 9.